The van der Waals surface area contributed by atoms with E-state index in [1.54, 1.807) is 0 Å². The molecule has 0 aromatic carbocycles. The van der Waals surface area contributed by atoms with Crippen LogP contribution < -0.4 is 11.1 Å². The Kier molecular flexibility index (Phi) is 6.96. The van der Waals surface area contributed by atoms with Crippen molar-refractivity contribution >= 4 is 11.7 Å². The maximum atomic E-state index is 11.5. The molecule has 0 aromatic heterocycles. The van der Waals surface area contributed by atoms with Crippen molar-refractivity contribution in [1.82, 2.24) is 5.32 Å². The largest absolute Gasteiger partial charge is 0.345 e. The fraction of sp³-hybridized carbons (Fsp3) is 0.818. The number of unbranched alkanes of at least 4 members (excludes halogenated alkanes) is 1. The molecule has 0 aromatic rings. The van der Waals surface area contributed by atoms with Crippen molar-refractivity contribution in [2.75, 3.05) is 0 Å². The fourth-order valence-corrected chi connectivity index (χ4v) is 1.33. The quantitative estimate of drug-likeness (QED) is 0.663. The van der Waals surface area contributed by atoms with Crippen LogP contribution in [0.5, 0.6) is 0 Å². The highest BCUT2D eigenvalue weighted by atomic mass is 16.2. The van der Waals surface area contributed by atoms with Crippen molar-refractivity contribution in [2.24, 2.45) is 5.73 Å². The number of Topliss-reactive ketones (excluding diaryl/α,β-unsaturated/α-hetero) is 1. The first-order valence-electron chi connectivity index (χ1n) is 5.59. The lowest BCUT2D eigenvalue weighted by molar-refractivity contribution is -0.127. The van der Waals surface area contributed by atoms with Crippen LogP contribution in [-0.2, 0) is 9.59 Å². The molecule has 0 radical (unpaired) electrons. The van der Waals surface area contributed by atoms with Crippen LogP contribution >= 0.6 is 0 Å². The molecule has 15 heavy (non-hydrogen) atoms. The van der Waals surface area contributed by atoms with Gasteiger partial charge in [-0.3, -0.25) is 9.59 Å². The molecule has 0 fully saturated rings. The molecule has 0 bridgehead atoms. The second-order valence-electron chi connectivity index (χ2n) is 3.83. The van der Waals surface area contributed by atoms with E-state index < -0.39 is 6.04 Å². The van der Waals surface area contributed by atoms with Crippen LogP contribution in [0.3, 0.4) is 0 Å². The molecular formula is C11H22N2O2. The highest BCUT2D eigenvalue weighted by molar-refractivity contribution is 5.89. The van der Waals surface area contributed by atoms with Gasteiger partial charge in [0.25, 0.3) is 0 Å². The zero-order valence-electron chi connectivity index (χ0n) is 9.88. The first kappa shape index (κ1) is 14.1. The molecule has 0 aliphatic rings. The predicted molar refractivity (Wildman–Crippen MR) is 60.4 cm³/mol. The molecule has 4 nitrogen and oxygen atoms in total. The number of nitrogens with two attached hydrogens (primary N) is 1. The van der Waals surface area contributed by atoms with Crippen molar-refractivity contribution < 1.29 is 9.59 Å². The zero-order chi connectivity index (χ0) is 11.8. The van der Waals surface area contributed by atoms with Crippen LogP contribution in [-0.4, -0.2) is 23.8 Å². The molecule has 1 unspecified atom stereocenters. The summed E-state index contributed by atoms with van der Waals surface area (Å²) < 4.78 is 0. The Bertz CT molecular complexity index is 217. The van der Waals surface area contributed by atoms with Crippen LogP contribution in [0.1, 0.15) is 46.5 Å². The lowest BCUT2D eigenvalue weighted by Crippen LogP contribution is -2.47. The second kappa shape index (κ2) is 7.40. The molecule has 2 atom stereocenters. The van der Waals surface area contributed by atoms with Crippen LogP contribution in [0.2, 0.25) is 0 Å². The number of carbonyl (C=O) groups excluding carboxylic acids is 2. The summed E-state index contributed by atoms with van der Waals surface area (Å²) >= 11 is 0. The number of hydrogen-bond acceptors (Lipinski definition) is 3. The molecule has 0 aliphatic heterocycles. The second-order valence-corrected chi connectivity index (χ2v) is 3.83. The molecule has 0 heterocycles. The minimum absolute atomic E-state index is 0.0199. The monoisotopic (exact) mass is 214 g/mol. The Balaban J connectivity index is 4.04. The van der Waals surface area contributed by atoms with Gasteiger partial charge in [0, 0.05) is 0 Å². The average Bonchev–Trinajstić information content (AvgIpc) is 2.21. The van der Waals surface area contributed by atoms with Gasteiger partial charge in [-0.25, -0.2) is 0 Å². The molecule has 4 heteroatoms. The van der Waals surface area contributed by atoms with Crippen molar-refractivity contribution in [1.29, 1.82) is 0 Å². The lowest BCUT2D eigenvalue weighted by Gasteiger charge is -2.17. The molecule has 88 valence electrons. The van der Waals surface area contributed by atoms with Gasteiger partial charge in [-0.15, -0.1) is 0 Å². The average molecular weight is 214 g/mol. The SMILES string of the molecule is CCCCC(N)C(=O)N[C@H](CC)C(C)=O. The highest BCUT2D eigenvalue weighted by Crippen LogP contribution is 2.00. The molecule has 1 amide bonds. The standard InChI is InChI=1S/C11H22N2O2/c1-4-6-7-9(12)11(15)13-10(5-2)8(3)14/h9-10H,4-7,12H2,1-3H3,(H,13,15)/t9?,10-/m1/s1. The Labute approximate surface area is 91.6 Å². The minimum atomic E-state index is -0.488. The molecule has 0 rings (SSSR count). The summed E-state index contributed by atoms with van der Waals surface area (Å²) in [6.07, 6.45) is 3.24. The Morgan fingerprint density at radius 2 is 1.93 bits per heavy atom. The van der Waals surface area contributed by atoms with Gasteiger partial charge in [-0.05, 0) is 19.8 Å². The first-order valence-corrected chi connectivity index (χ1v) is 5.59. The van der Waals surface area contributed by atoms with E-state index >= 15 is 0 Å². The number of carbonyl (C=O) groups is 2. The van der Waals surface area contributed by atoms with Gasteiger partial charge in [-0.2, -0.15) is 0 Å². The van der Waals surface area contributed by atoms with Gasteiger partial charge in [-0.1, -0.05) is 26.7 Å². The summed E-state index contributed by atoms with van der Waals surface area (Å²) in [4.78, 5) is 22.6. The van der Waals surface area contributed by atoms with Gasteiger partial charge in [0.15, 0.2) is 5.78 Å². The fourth-order valence-electron chi connectivity index (χ4n) is 1.33. The van der Waals surface area contributed by atoms with E-state index in [0.29, 0.717) is 12.8 Å². The minimum Gasteiger partial charge on any atom is -0.345 e. The number of nitrogens with one attached hydrogen (secondary N) is 1. The van der Waals surface area contributed by atoms with Crippen LogP contribution in [0, 0.1) is 0 Å². The van der Waals surface area contributed by atoms with Crippen molar-refractivity contribution in [3.05, 3.63) is 0 Å². The third kappa shape index (κ3) is 5.52. The highest BCUT2D eigenvalue weighted by Gasteiger charge is 2.18. The van der Waals surface area contributed by atoms with Gasteiger partial charge < -0.3 is 11.1 Å². The van der Waals surface area contributed by atoms with Gasteiger partial charge in [0.2, 0.25) is 5.91 Å². The molecule has 0 saturated carbocycles. The summed E-state index contributed by atoms with van der Waals surface area (Å²) in [5.41, 5.74) is 5.68. The summed E-state index contributed by atoms with van der Waals surface area (Å²) in [7, 11) is 0. The van der Waals surface area contributed by atoms with Gasteiger partial charge in [0.05, 0.1) is 12.1 Å². The Morgan fingerprint density at radius 3 is 2.33 bits per heavy atom. The van der Waals surface area contributed by atoms with Crippen molar-refractivity contribution in [3.8, 4) is 0 Å². The number of ketones is 1. The molecule has 0 saturated heterocycles. The summed E-state index contributed by atoms with van der Waals surface area (Å²) in [6, 6.07) is -0.872. The van der Waals surface area contributed by atoms with E-state index in [0.717, 1.165) is 12.8 Å². The maximum Gasteiger partial charge on any atom is 0.237 e. The third-order valence-electron chi connectivity index (χ3n) is 2.42. The van der Waals surface area contributed by atoms with E-state index in [2.05, 4.69) is 12.2 Å². The Hall–Kier alpha value is -0.900. The summed E-state index contributed by atoms with van der Waals surface area (Å²) in [6.45, 7) is 5.39. The topological polar surface area (TPSA) is 72.2 Å². The van der Waals surface area contributed by atoms with E-state index in [-0.39, 0.29) is 17.7 Å². The lowest BCUT2D eigenvalue weighted by atomic mass is 10.1. The first-order chi connectivity index (χ1) is 7.02. The smallest absolute Gasteiger partial charge is 0.237 e. The molecular weight excluding hydrogens is 192 g/mol. The van der Waals surface area contributed by atoms with E-state index in [4.69, 9.17) is 5.73 Å². The van der Waals surface area contributed by atoms with Crippen LogP contribution in [0.15, 0.2) is 0 Å². The van der Waals surface area contributed by atoms with Crippen molar-refractivity contribution in [3.63, 3.8) is 0 Å². The molecule has 0 aliphatic carbocycles. The van der Waals surface area contributed by atoms with Crippen molar-refractivity contribution in [2.45, 2.75) is 58.5 Å². The summed E-state index contributed by atoms with van der Waals surface area (Å²) in [5.74, 6) is -0.237. The predicted octanol–water partition coefficient (Wildman–Crippen LogP) is 0.988. The van der Waals surface area contributed by atoms with E-state index in [1.165, 1.54) is 6.92 Å². The molecule has 3 N–H and O–H groups in total. The van der Waals surface area contributed by atoms with E-state index in [9.17, 15) is 9.59 Å². The third-order valence-corrected chi connectivity index (χ3v) is 2.42. The number of hydrogen-bond donors (Lipinski definition) is 2. The van der Waals surface area contributed by atoms with Gasteiger partial charge >= 0.3 is 0 Å². The molecule has 0 spiro atoms. The zero-order valence-corrected chi connectivity index (χ0v) is 9.88. The van der Waals surface area contributed by atoms with Crippen LogP contribution in [0.25, 0.3) is 0 Å². The van der Waals surface area contributed by atoms with E-state index in [1.807, 2.05) is 6.92 Å². The van der Waals surface area contributed by atoms with Gasteiger partial charge in [0.1, 0.15) is 0 Å². The Morgan fingerprint density at radius 1 is 1.33 bits per heavy atom. The summed E-state index contributed by atoms with van der Waals surface area (Å²) in [5, 5.41) is 2.66. The number of rotatable bonds is 7. The number of amides is 1. The normalized spacial score (nSPS) is 14.4. The maximum absolute atomic E-state index is 11.5. The van der Waals surface area contributed by atoms with Crippen LogP contribution in [0.4, 0.5) is 0 Å².